The molecule has 0 aliphatic heterocycles. The third kappa shape index (κ3) is 4.87. The smallest absolute Gasteiger partial charge is 0.119 e. The highest BCUT2D eigenvalue weighted by Gasteiger charge is 2.13. The van der Waals surface area contributed by atoms with Crippen molar-refractivity contribution in [3.05, 3.63) is 96.1 Å². The van der Waals surface area contributed by atoms with Gasteiger partial charge in [-0.15, -0.1) is 0 Å². The van der Waals surface area contributed by atoms with E-state index in [4.69, 9.17) is 4.74 Å². The molecule has 1 N–H and O–H groups in total. The largest absolute Gasteiger partial charge is 0.494 e. The molecule has 0 aromatic heterocycles. The van der Waals surface area contributed by atoms with Gasteiger partial charge in [-0.25, -0.2) is 0 Å². The fourth-order valence-corrected chi connectivity index (χ4v) is 3.06. The molecule has 0 saturated carbocycles. The molecule has 0 heterocycles. The van der Waals surface area contributed by atoms with Crippen LogP contribution in [-0.4, -0.2) is 13.2 Å². The quantitative estimate of drug-likeness (QED) is 0.570. The van der Waals surface area contributed by atoms with Crippen molar-refractivity contribution in [1.29, 1.82) is 0 Å². The molecule has 0 aliphatic carbocycles. The molecule has 3 aromatic carbocycles. The van der Waals surface area contributed by atoms with Crippen LogP contribution in [0.2, 0.25) is 0 Å². The van der Waals surface area contributed by atoms with E-state index in [1.807, 2.05) is 12.1 Å². The molecule has 25 heavy (non-hydrogen) atoms. The van der Waals surface area contributed by atoms with Crippen LogP contribution >= 0.6 is 0 Å². The van der Waals surface area contributed by atoms with Crippen molar-refractivity contribution in [2.24, 2.45) is 0 Å². The molecule has 0 atom stereocenters. The summed E-state index contributed by atoms with van der Waals surface area (Å²) in [5.41, 5.74) is 3.79. The van der Waals surface area contributed by atoms with Crippen LogP contribution in [0.3, 0.4) is 0 Å². The zero-order valence-electron chi connectivity index (χ0n) is 14.7. The van der Waals surface area contributed by atoms with Gasteiger partial charge in [0.25, 0.3) is 0 Å². The summed E-state index contributed by atoms with van der Waals surface area (Å²) in [7, 11) is 0. The van der Waals surface area contributed by atoms with E-state index < -0.39 is 0 Å². The second-order valence-corrected chi connectivity index (χ2v) is 6.07. The average molecular weight is 331 g/mol. The van der Waals surface area contributed by atoms with Gasteiger partial charge in [0, 0.05) is 18.2 Å². The molecule has 0 radical (unpaired) electrons. The van der Waals surface area contributed by atoms with Crippen LogP contribution in [-0.2, 0) is 0 Å². The van der Waals surface area contributed by atoms with Gasteiger partial charge in [0.2, 0.25) is 0 Å². The van der Waals surface area contributed by atoms with Crippen LogP contribution in [0.1, 0.15) is 30.4 Å². The summed E-state index contributed by atoms with van der Waals surface area (Å²) in [6.07, 6.45) is 0.947. The second kappa shape index (κ2) is 8.93. The Labute approximate surface area is 150 Å². The van der Waals surface area contributed by atoms with E-state index in [1.165, 1.54) is 11.1 Å². The minimum absolute atomic E-state index is 0.350. The predicted octanol–water partition coefficient (Wildman–Crippen LogP) is 5.72. The standard InChI is InChI=1S/C23H25NO/c1-2-24-21-13-15-22(16-14-21)25-18-17-23(19-9-5-3-6-10-19)20-11-7-4-8-12-20/h3-16,23-24H,2,17-18H2,1H3. The van der Waals surface area contributed by atoms with Crippen molar-refractivity contribution >= 4 is 5.69 Å². The van der Waals surface area contributed by atoms with Gasteiger partial charge < -0.3 is 10.1 Å². The number of anilines is 1. The van der Waals surface area contributed by atoms with E-state index >= 15 is 0 Å². The van der Waals surface area contributed by atoms with E-state index in [0.29, 0.717) is 12.5 Å². The predicted molar refractivity (Wildman–Crippen MR) is 105 cm³/mol. The molecule has 0 saturated heterocycles. The molecule has 0 amide bonds. The van der Waals surface area contributed by atoms with Crippen molar-refractivity contribution in [2.75, 3.05) is 18.5 Å². The minimum atomic E-state index is 0.350. The summed E-state index contributed by atoms with van der Waals surface area (Å²) in [6, 6.07) is 29.5. The lowest BCUT2D eigenvalue weighted by atomic mass is 9.89. The maximum absolute atomic E-state index is 5.98. The Hall–Kier alpha value is -2.74. The summed E-state index contributed by atoms with van der Waals surface area (Å²) in [6.45, 7) is 3.71. The lowest BCUT2D eigenvalue weighted by molar-refractivity contribution is 0.304. The van der Waals surface area contributed by atoms with E-state index in [-0.39, 0.29) is 0 Å². The fourth-order valence-electron chi connectivity index (χ4n) is 3.06. The number of nitrogens with one attached hydrogen (secondary N) is 1. The van der Waals surface area contributed by atoms with Crippen LogP contribution in [0, 0.1) is 0 Å². The Morgan fingerprint density at radius 1 is 0.760 bits per heavy atom. The Balaban J connectivity index is 1.65. The molecule has 0 fully saturated rings. The Bertz CT molecular complexity index is 699. The van der Waals surface area contributed by atoms with Gasteiger partial charge in [0.05, 0.1) is 6.61 Å². The van der Waals surface area contributed by atoms with Crippen molar-refractivity contribution in [3.63, 3.8) is 0 Å². The molecule has 128 valence electrons. The van der Waals surface area contributed by atoms with E-state index in [0.717, 1.165) is 24.4 Å². The Morgan fingerprint density at radius 3 is 1.84 bits per heavy atom. The maximum atomic E-state index is 5.98. The van der Waals surface area contributed by atoms with E-state index in [9.17, 15) is 0 Å². The van der Waals surface area contributed by atoms with Gasteiger partial charge in [-0.2, -0.15) is 0 Å². The second-order valence-electron chi connectivity index (χ2n) is 6.07. The summed E-state index contributed by atoms with van der Waals surface area (Å²) in [5.74, 6) is 1.27. The number of benzene rings is 3. The topological polar surface area (TPSA) is 21.3 Å². The van der Waals surface area contributed by atoms with Crippen molar-refractivity contribution < 1.29 is 4.74 Å². The van der Waals surface area contributed by atoms with Gasteiger partial charge in [0.1, 0.15) is 5.75 Å². The molecule has 3 aromatic rings. The van der Waals surface area contributed by atoms with E-state index in [2.05, 4.69) is 85.0 Å². The van der Waals surface area contributed by atoms with E-state index in [1.54, 1.807) is 0 Å². The first-order valence-electron chi connectivity index (χ1n) is 8.93. The normalized spacial score (nSPS) is 10.6. The van der Waals surface area contributed by atoms with Crippen LogP contribution in [0.15, 0.2) is 84.9 Å². The van der Waals surface area contributed by atoms with Crippen molar-refractivity contribution in [3.8, 4) is 5.75 Å². The molecule has 0 aliphatic rings. The van der Waals surface area contributed by atoms with Crippen LogP contribution < -0.4 is 10.1 Å². The van der Waals surface area contributed by atoms with Crippen LogP contribution in [0.25, 0.3) is 0 Å². The molecular formula is C23H25NO. The first-order valence-corrected chi connectivity index (χ1v) is 8.93. The van der Waals surface area contributed by atoms with Crippen molar-refractivity contribution in [1.82, 2.24) is 0 Å². The number of hydrogen-bond donors (Lipinski definition) is 1. The third-order valence-corrected chi connectivity index (χ3v) is 4.31. The van der Waals surface area contributed by atoms with Crippen LogP contribution in [0.4, 0.5) is 5.69 Å². The zero-order valence-corrected chi connectivity index (χ0v) is 14.7. The van der Waals surface area contributed by atoms with Gasteiger partial charge >= 0.3 is 0 Å². The molecule has 2 heteroatoms. The first kappa shape index (κ1) is 17.1. The molecule has 2 nitrogen and oxygen atoms in total. The third-order valence-electron chi connectivity index (χ3n) is 4.31. The van der Waals surface area contributed by atoms with Gasteiger partial charge in [-0.3, -0.25) is 0 Å². The molecular weight excluding hydrogens is 306 g/mol. The monoisotopic (exact) mass is 331 g/mol. The van der Waals surface area contributed by atoms with Gasteiger partial charge in [-0.1, -0.05) is 60.7 Å². The molecule has 3 rings (SSSR count). The lowest BCUT2D eigenvalue weighted by Gasteiger charge is -2.18. The van der Waals surface area contributed by atoms with Crippen LogP contribution in [0.5, 0.6) is 5.75 Å². The summed E-state index contributed by atoms with van der Waals surface area (Å²) in [4.78, 5) is 0. The number of hydrogen-bond acceptors (Lipinski definition) is 2. The molecule has 0 bridgehead atoms. The summed E-state index contributed by atoms with van der Waals surface area (Å²) < 4.78 is 5.98. The fraction of sp³-hybridized carbons (Fsp3) is 0.217. The number of rotatable bonds is 8. The summed E-state index contributed by atoms with van der Waals surface area (Å²) >= 11 is 0. The first-order chi connectivity index (χ1) is 12.4. The SMILES string of the molecule is CCNc1ccc(OCCC(c2ccccc2)c2ccccc2)cc1. The highest BCUT2D eigenvalue weighted by Crippen LogP contribution is 2.28. The van der Waals surface area contributed by atoms with Gasteiger partial charge in [0.15, 0.2) is 0 Å². The molecule has 0 spiro atoms. The Morgan fingerprint density at radius 2 is 1.32 bits per heavy atom. The highest BCUT2D eigenvalue weighted by atomic mass is 16.5. The maximum Gasteiger partial charge on any atom is 0.119 e. The zero-order chi connectivity index (χ0) is 17.3. The Kier molecular flexibility index (Phi) is 6.11. The average Bonchev–Trinajstić information content (AvgIpc) is 2.68. The molecule has 0 unspecified atom stereocenters. The minimum Gasteiger partial charge on any atom is -0.494 e. The van der Waals surface area contributed by atoms with Crippen molar-refractivity contribution in [2.45, 2.75) is 19.3 Å². The van der Waals surface area contributed by atoms with Gasteiger partial charge in [-0.05, 0) is 48.7 Å². The summed E-state index contributed by atoms with van der Waals surface area (Å²) in [5, 5.41) is 3.30. The number of ether oxygens (including phenoxy) is 1. The highest BCUT2D eigenvalue weighted by molar-refractivity contribution is 5.46. The lowest BCUT2D eigenvalue weighted by Crippen LogP contribution is -2.07.